The number of rotatable bonds is 6. The molecule has 0 saturated carbocycles. The lowest BCUT2D eigenvalue weighted by Crippen LogP contribution is -2.16. The Morgan fingerprint density at radius 3 is 2.87 bits per heavy atom. The summed E-state index contributed by atoms with van der Waals surface area (Å²) in [5.74, 6) is 1.18. The molecule has 6 nitrogen and oxygen atoms in total. The first-order valence-electron chi connectivity index (χ1n) is 9.74. The molecule has 30 heavy (non-hydrogen) atoms. The highest BCUT2D eigenvalue weighted by Crippen LogP contribution is 2.40. The van der Waals surface area contributed by atoms with Gasteiger partial charge in [0.25, 0.3) is 0 Å². The number of thioether (sulfide) groups is 1. The van der Waals surface area contributed by atoms with E-state index in [4.69, 9.17) is 10.5 Å². The lowest BCUT2D eigenvalue weighted by atomic mass is 10.2. The molecule has 1 atom stereocenters. The van der Waals surface area contributed by atoms with Gasteiger partial charge in [-0.05, 0) is 42.7 Å². The summed E-state index contributed by atoms with van der Waals surface area (Å²) >= 11 is 3.10. The topological polar surface area (TPSA) is 78.8 Å². The van der Waals surface area contributed by atoms with E-state index in [1.807, 2.05) is 12.1 Å². The molecule has 1 saturated heterocycles. The molecule has 154 valence electrons. The molecular formula is C21H20FN5OS2. The first-order valence-corrected chi connectivity index (χ1v) is 11.5. The second-order valence-corrected chi connectivity index (χ2v) is 9.11. The average Bonchev–Trinajstić information content (AvgIpc) is 3.49. The zero-order chi connectivity index (χ0) is 20.5. The second-order valence-electron chi connectivity index (χ2n) is 7.17. The van der Waals surface area contributed by atoms with E-state index in [2.05, 4.69) is 19.7 Å². The number of ether oxygens (including phenoxy) is 1. The summed E-state index contributed by atoms with van der Waals surface area (Å²) in [6.07, 6.45) is 3.99. The molecule has 1 aliphatic rings. The fourth-order valence-corrected chi connectivity index (χ4v) is 5.53. The van der Waals surface area contributed by atoms with Gasteiger partial charge >= 0.3 is 0 Å². The number of benzene rings is 1. The van der Waals surface area contributed by atoms with Crippen LogP contribution in [-0.2, 0) is 17.0 Å². The van der Waals surface area contributed by atoms with Gasteiger partial charge in [0, 0.05) is 23.9 Å². The van der Waals surface area contributed by atoms with E-state index >= 15 is 0 Å². The number of nitrogens with two attached hydrogens (primary N) is 1. The van der Waals surface area contributed by atoms with Crippen molar-refractivity contribution in [2.75, 3.05) is 12.3 Å². The van der Waals surface area contributed by atoms with Gasteiger partial charge in [-0.1, -0.05) is 23.9 Å². The number of anilines is 1. The van der Waals surface area contributed by atoms with E-state index in [0.29, 0.717) is 18.0 Å². The number of hydrogen-bond acceptors (Lipinski definition) is 7. The van der Waals surface area contributed by atoms with Crippen molar-refractivity contribution < 1.29 is 9.13 Å². The molecule has 9 heteroatoms. The van der Waals surface area contributed by atoms with Crippen molar-refractivity contribution >= 4 is 39.0 Å². The number of hydrogen-bond donors (Lipinski definition) is 1. The fraction of sp³-hybridized carbons (Fsp3) is 0.286. The molecule has 1 aromatic carbocycles. The van der Waals surface area contributed by atoms with Gasteiger partial charge in [0.05, 0.1) is 23.2 Å². The molecule has 0 aliphatic carbocycles. The highest BCUT2D eigenvalue weighted by Gasteiger charge is 2.24. The minimum atomic E-state index is -0.235. The predicted octanol–water partition coefficient (Wildman–Crippen LogP) is 4.75. The number of thiophene rings is 1. The van der Waals surface area contributed by atoms with E-state index in [1.165, 1.54) is 23.5 Å². The van der Waals surface area contributed by atoms with Crippen molar-refractivity contribution in [3.05, 3.63) is 54.0 Å². The van der Waals surface area contributed by atoms with Gasteiger partial charge in [0.2, 0.25) is 0 Å². The maximum atomic E-state index is 13.2. The minimum Gasteiger partial charge on any atom is -0.397 e. The van der Waals surface area contributed by atoms with E-state index in [-0.39, 0.29) is 11.9 Å². The maximum Gasteiger partial charge on any atom is 0.191 e. The smallest absolute Gasteiger partial charge is 0.191 e. The van der Waals surface area contributed by atoms with E-state index < -0.39 is 0 Å². The van der Waals surface area contributed by atoms with Crippen LogP contribution in [0.1, 0.15) is 18.4 Å². The maximum absolute atomic E-state index is 13.2. The molecule has 0 spiro atoms. The highest BCUT2D eigenvalue weighted by molar-refractivity contribution is 7.98. The van der Waals surface area contributed by atoms with Crippen molar-refractivity contribution in [3.8, 4) is 10.7 Å². The largest absolute Gasteiger partial charge is 0.397 e. The molecule has 2 N–H and O–H groups in total. The lowest BCUT2D eigenvalue weighted by molar-refractivity contribution is 0.0953. The molecule has 5 rings (SSSR count). The van der Waals surface area contributed by atoms with Gasteiger partial charge in [-0.2, -0.15) is 0 Å². The number of aromatic nitrogens is 4. The third-order valence-electron chi connectivity index (χ3n) is 5.12. The Labute approximate surface area is 181 Å². The van der Waals surface area contributed by atoms with Crippen LogP contribution in [-0.4, -0.2) is 32.5 Å². The number of pyridine rings is 1. The van der Waals surface area contributed by atoms with Gasteiger partial charge in [0.15, 0.2) is 11.0 Å². The summed E-state index contributed by atoms with van der Waals surface area (Å²) in [7, 11) is 0. The van der Waals surface area contributed by atoms with Crippen LogP contribution < -0.4 is 5.73 Å². The first kappa shape index (κ1) is 19.5. The van der Waals surface area contributed by atoms with Gasteiger partial charge in [0.1, 0.15) is 10.6 Å². The van der Waals surface area contributed by atoms with Crippen LogP contribution in [0.5, 0.6) is 0 Å². The van der Waals surface area contributed by atoms with Crippen molar-refractivity contribution in [3.63, 3.8) is 0 Å². The zero-order valence-electron chi connectivity index (χ0n) is 16.1. The normalized spacial score (nSPS) is 16.5. The van der Waals surface area contributed by atoms with Gasteiger partial charge in [-0.25, -0.2) is 9.37 Å². The third-order valence-corrected chi connectivity index (χ3v) is 7.28. The van der Waals surface area contributed by atoms with E-state index in [1.54, 1.807) is 30.1 Å². The van der Waals surface area contributed by atoms with Crippen LogP contribution in [0.4, 0.5) is 10.1 Å². The number of fused-ring (bicyclic) bond motifs is 1. The van der Waals surface area contributed by atoms with Crippen molar-refractivity contribution in [2.45, 2.75) is 36.4 Å². The summed E-state index contributed by atoms with van der Waals surface area (Å²) in [5.41, 5.74) is 8.16. The van der Waals surface area contributed by atoms with E-state index in [9.17, 15) is 4.39 Å². The number of nitrogens with zero attached hydrogens (tertiary/aromatic N) is 4. The van der Waals surface area contributed by atoms with Gasteiger partial charge in [-0.15, -0.1) is 21.5 Å². The van der Waals surface area contributed by atoms with Crippen LogP contribution >= 0.6 is 23.1 Å². The Balaban J connectivity index is 1.49. The Hall–Kier alpha value is -2.49. The molecule has 0 bridgehead atoms. The zero-order valence-corrected chi connectivity index (χ0v) is 17.8. The van der Waals surface area contributed by atoms with Crippen LogP contribution in [0.15, 0.2) is 47.8 Å². The van der Waals surface area contributed by atoms with Crippen molar-refractivity contribution in [1.82, 2.24) is 19.7 Å². The van der Waals surface area contributed by atoms with Gasteiger partial charge in [-0.3, -0.25) is 4.57 Å². The molecule has 4 aromatic rings. The summed E-state index contributed by atoms with van der Waals surface area (Å²) in [6, 6.07) is 10.4. The molecule has 3 aromatic heterocycles. The Kier molecular flexibility index (Phi) is 5.41. The fourth-order valence-electron chi connectivity index (χ4n) is 3.57. The van der Waals surface area contributed by atoms with Crippen LogP contribution in [0.2, 0.25) is 0 Å². The molecule has 1 aliphatic heterocycles. The molecular weight excluding hydrogens is 421 g/mol. The quantitative estimate of drug-likeness (QED) is 0.435. The summed E-state index contributed by atoms with van der Waals surface area (Å²) in [6.45, 7) is 1.46. The van der Waals surface area contributed by atoms with Crippen LogP contribution in [0.3, 0.4) is 0 Å². The number of halogens is 1. The Morgan fingerprint density at radius 2 is 2.10 bits per heavy atom. The van der Waals surface area contributed by atoms with Crippen LogP contribution in [0, 0.1) is 5.82 Å². The second kappa shape index (κ2) is 8.33. The molecule has 0 amide bonds. The third kappa shape index (κ3) is 3.80. The average molecular weight is 442 g/mol. The summed E-state index contributed by atoms with van der Waals surface area (Å²) in [4.78, 5) is 6.20. The Morgan fingerprint density at radius 1 is 1.23 bits per heavy atom. The monoisotopic (exact) mass is 441 g/mol. The summed E-state index contributed by atoms with van der Waals surface area (Å²) in [5, 5.41) is 10.7. The standard InChI is InChI=1S/C21H20FN5OS2/c22-14-7-5-13(6-8-14)12-29-21-26-25-19(27(21)11-15-3-2-10-28-15)18-17(23)16-4-1-9-24-20(16)30-18/h1,4-9,15H,2-3,10-12,23H2. The first-order chi connectivity index (χ1) is 14.7. The summed E-state index contributed by atoms with van der Waals surface area (Å²) < 4.78 is 21.2. The lowest BCUT2D eigenvalue weighted by Gasteiger charge is -2.14. The molecule has 1 unspecified atom stereocenters. The van der Waals surface area contributed by atoms with E-state index in [0.717, 1.165) is 51.1 Å². The highest BCUT2D eigenvalue weighted by atomic mass is 32.2. The minimum absolute atomic E-state index is 0.138. The van der Waals surface area contributed by atoms with Crippen LogP contribution in [0.25, 0.3) is 20.9 Å². The van der Waals surface area contributed by atoms with Gasteiger partial charge < -0.3 is 10.5 Å². The molecule has 0 radical (unpaired) electrons. The Bertz CT molecular complexity index is 1170. The molecule has 1 fully saturated rings. The van der Waals surface area contributed by atoms with Crippen molar-refractivity contribution in [2.24, 2.45) is 0 Å². The SMILES string of the molecule is Nc1c(-c2nnc(SCc3ccc(F)cc3)n2CC2CCCO2)sc2ncccc12. The number of nitrogen functional groups attached to an aromatic ring is 1. The van der Waals surface area contributed by atoms with Crippen molar-refractivity contribution in [1.29, 1.82) is 0 Å². The molecule has 4 heterocycles. The predicted molar refractivity (Wildman–Crippen MR) is 118 cm³/mol.